The number of anilines is 2. The highest BCUT2D eigenvalue weighted by Crippen LogP contribution is 2.32. The van der Waals surface area contributed by atoms with Crippen LogP contribution in [-0.2, 0) is 6.18 Å². The third-order valence-corrected chi connectivity index (χ3v) is 3.77. The van der Waals surface area contributed by atoms with Gasteiger partial charge in [-0.2, -0.15) is 13.2 Å². The van der Waals surface area contributed by atoms with Crippen LogP contribution in [0.25, 0.3) is 11.3 Å². The van der Waals surface area contributed by atoms with E-state index in [-0.39, 0.29) is 0 Å². The summed E-state index contributed by atoms with van der Waals surface area (Å²) in [5.74, 6) is -0.466. The number of thiazole rings is 1. The number of benzene rings is 2. The van der Waals surface area contributed by atoms with E-state index in [2.05, 4.69) is 16.4 Å². The molecule has 0 fully saturated rings. The normalized spacial score (nSPS) is 11.5. The number of aromatic nitrogens is 1. The molecule has 0 saturated heterocycles. The Balaban J connectivity index is 1.81. The topological polar surface area (TPSA) is 24.9 Å². The Morgan fingerprint density at radius 2 is 1.96 bits per heavy atom. The molecule has 0 aliphatic carbocycles. The summed E-state index contributed by atoms with van der Waals surface area (Å²) in [6, 6.07) is 11.6. The van der Waals surface area contributed by atoms with Crippen molar-refractivity contribution in [2.24, 2.45) is 0 Å². The van der Waals surface area contributed by atoms with Crippen molar-refractivity contribution >= 4 is 22.2 Å². The van der Waals surface area contributed by atoms with E-state index < -0.39 is 17.6 Å². The molecule has 2 aromatic carbocycles. The molecule has 0 bridgehead atoms. The van der Waals surface area contributed by atoms with E-state index in [0.29, 0.717) is 22.1 Å². The molecule has 117 valence electrons. The highest BCUT2D eigenvalue weighted by atomic mass is 32.1. The van der Waals surface area contributed by atoms with Crippen LogP contribution in [0.2, 0.25) is 0 Å². The summed E-state index contributed by atoms with van der Waals surface area (Å²) in [6.07, 6.45) is -4.39. The molecule has 1 radical (unpaired) electrons. The summed E-state index contributed by atoms with van der Waals surface area (Å²) in [4.78, 5) is 4.28. The summed E-state index contributed by atoms with van der Waals surface area (Å²) in [7, 11) is 0. The molecule has 23 heavy (non-hydrogen) atoms. The fourth-order valence-corrected chi connectivity index (χ4v) is 2.67. The Morgan fingerprint density at radius 1 is 1.13 bits per heavy atom. The minimum atomic E-state index is -4.39. The largest absolute Gasteiger partial charge is 0.416 e. The van der Waals surface area contributed by atoms with Gasteiger partial charge in [-0.05, 0) is 36.4 Å². The van der Waals surface area contributed by atoms with Crippen LogP contribution in [0.1, 0.15) is 5.56 Å². The molecule has 0 amide bonds. The Labute approximate surface area is 133 Å². The zero-order valence-electron chi connectivity index (χ0n) is 11.5. The molecular formula is C16H9F4N2S. The van der Waals surface area contributed by atoms with Crippen molar-refractivity contribution in [2.45, 2.75) is 6.18 Å². The Bertz CT molecular complexity index is 809. The highest BCUT2D eigenvalue weighted by molar-refractivity contribution is 7.14. The SMILES string of the molecule is Fc1[c]cc(-c2csc(Nc3cccc(C(F)(F)F)c3)n2)cc1. The van der Waals surface area contributed by atoms with Gasteiger partial charge in [0.15, 0.2) is 5.13 Å². The van der Waals surface area contributed by atoms with Gasteiger partial charge < -0.3 is 5.32 Å². The second-order valence-electron chi connectivity index (χ2n) is 4.67. The van der Waals surface area contributed by atoms with Gasteiger partial charge in [-0.25, -0.2) is 9.37 Å². The van der Waals surface area contributed by atoms with E-state index in [0.717, 1.165) is 12.1 Å². The minimum Gasteiger partial charge on any atom is -0.332 e. The van der Waals surface area contributed by atoms with Gasteiger partial charge in [0.1, 0.15) is 5.82 Å². The first kappa shape index (κ1) is 15.5. The van der Waals surface area contributed by atoms with Crippen molar-refractivity contribution in [1.82, 2.24) is 4.98 Å². The number of alkyl halides is 3. The second kappa shape index (κ2) is 6.00. The number of hydrogen-bond donors (Lipinski definition) is 1. The summed E-state index contributed by atoms with van der Waals surface area (Å²) in [6.45, 7) is 0. The number of nitrogens with one attached hydrogen (secondary N) is 1. The van der Waals surface area contributed by atoms with Crippen LogP contribution in [0, 0.1) is 11.9 Å². The molecule has 1 N–H and O–H groups in total. The van der Waals surface area contributed by atoms with Crippen LogP contribution >= 0.6 is 11.3 Å². The summed E-state index contributed by atoms with van der Waals surface area (Å²) in [5.41, 5.74) is 0.847. The van der Waals surface area contributed by atoms with Gasteiger partial charge in [0.05, 0.1) is 11.3 Å². The van der Waals surface area contributed by atoms with E-state index in [4.69, 9.17) is 0 Å². The zero-order valence-corrected chi connectivity index (χ0v) is 12.3. The van der Waals surface area contributed by atoms with Crippen molar-refractivity contribution in [3.8, 4) is 11.3 Å². The predicted octanol–water partition coefficient (Wildman–Crippen LogP) is 5.51. The lowest BCUT2D eigenvalue weighted by Gasteiger charge is -2.08. The maximum absolute atomic E-state index is 12.9. The molecular weight excluding hydrogens is 328 g/mol. The lowest BCUT2D eigenvalue weighted by atomic mass is 10.2. The number of rotatable bonds is 3. The molecule has 0 spiro atoms. The molecule has 1 heterocycles. The molecule has 1 aromatic heterocycles. The maximum atomic E-state index is 12.9. The van der Waals surface area contributed by atoms with Crippen molar-refractivity contribution in [3.63, 3.8) is 0 Å². The molecule has 7 heteroatoms. The van der Waals surface area contributed by atoms with Crippen molar-refractivity contribution < 1.29 is 17.6 Å². The second-order valence-corrected chi connectivity index (χ2v) is 5.52. The Kier molecular flexibility index (Phi) is 4.04. The van der Waals surface area contributed by atoms with Gasteiger partial charge in [0.2, 0.25) is 0 Å². The maximum Gasteiger partial charge on any atom is 0.416 e. The first-order chi connectivity index (χ1) is 10.9. The molecule has 3 rings (SSSR count). The fraction of sp³-hybridized carbons (Fsp3) is 0.0625. The average molecular weight is 337 g/mol. The molecule has 0 unspecified atom stereocenters. The third-order valence-electron chi connectivity index (χ3n) is 3.02. The minimum absolute atomic E-state index is 0.298. The predicted molar refractivity (Wildman–Crippen MR) is 81.1 cm³/mol. The summed E-state index contributed by atoms with van der Waals surface area (Å²) >= 11 is 1.25. The number of halogens is 4. The van der Waals surface area contributed by atoms with E-state index in [1.807, 2.05) is 0 Å². The average Bonchev–Trinajstić information content (AvgIpc) is 2.96. The zero-order chi connectivity index (χ0) is 16.4. The van der Waals surface area contributed by atoms with Crippen LogP contribution in [0.3, 0.4) is 0 Å². The lowest BCUT2D eigenvalue weighted by Crippen LogP contribution is -2.05. The third kappa shape index (κ3) is 3.68. The number of nitrogens with zero attached hydrogens (tertiary/aromatic N) is 1. The van der Waals surface area contributed by atoms with Crippen LogP contribution in [0.15, 0.2) is 47.8 Å². The first-order valence-electron chi connectivity index (χ1n) is 6.49. The van der Waals surface area contributed by atoms with Gasteiger partial charge in [-0.15, -0.1) is 11.3 Å². The van der Waals surface area contributed by atoms with Gasteiger partial charge in [-0.1, -0.05) is 6.07 Å². The molecule has 0 saturated carbocycles. The van der Waals surface area contributed by atoms with Crippen molar-refractivity contribution in [1.29, 1.82) is 0 Å². The lowest BCUT2D eigenvalue weighted by molar-refractivity contribution is -0.137. The Hall–Kier alpha value is -2.41. The number of hydrogen-bond acceptors (Lipinski definition) is 3. The summed E-state index contributed by atoms with van der Waals surface area (Å²) < 4.78 is 50.9. The van der Waals surface area contributed by atoms with Gasteiger partial charge in [0.25, 0.3) is 0 Å². The highest BCUT2D eigenvalue weighted by Gasteiger charge is 2.30. The molecule has 0 atom stereocenters. The van der Waals surface area contributed by atoms with E-state index in [1.165, 1.54) is 35.6 Å². The van der Waals surface area contributed by atoms with Gasteiger partial charge >= 0.3 is 6.18 Å². The van der Waals surface area contributed by atoms with Crippen LogP contribution in [0.4, 0.5) is 28.4 Å². The van der Waals surface area contributed by atoms with Crippen LogP contribution in [-0.4, -0.2) is 4.98 Å². The first-order valence-corrected chi connectivity index (χ1v) is 7.37. The quantitative estimate of drug-likeness (QED) is 0.637. The standard InChI is InChI=1S/C16H9F4N2S/c17-12-6-4-10(5-7-12)14-9-23-15(22-14)21-13-3-1-2-11(8-13)16(18,19)20/h1-6,8-9H,(H,21,22). The van der Waals surface area contributed by atoms with Gasteiger partial charge in [-0.3, -0.25) is 0 Å². The van der Waals surface area contributed by atoms with Crippen LogP contribution in [0.5, 0.6) is 0 Å². The fourth-order valence-electron chi connectivity index (χ4n) is 1.93. The molecule has 0 aliphatic rings. The van der Waals surface area contributed by atoms with Crippen molar-refractivity contribution in [3.05, 3.63) is 65.3 Å². The van der Waals surface area contributed by atoms with Crippen molar-refractivity contribution in [2.75, 3.05) is 5.32 Å². The van der Waals surface area contributed by atoms with E-state index >= 15 is 0 Å². The van der Waals surface area contributed by atoms with Crippen LogP contribution < -0.4 is 5.32 Å². The monoisotopic (exact) mass is 337 g/mol. The van der Waals surface area contributed by atoms with Gasteiger partial charge in [0, 0.05) is 22.7 Å². The summed E-state index contributed by atoms with van der Waals surface area (Å²) in [5, 5.41) is 5.02. The van der Waals surface area contributed by atoms with E-state index in [9.17, 15) is 17.6 Å². The molecule has 3 aromatic rings. The van der Waals surface area contributed by atoms with E-state index in [1.54, 1.807) is 11.4 Å². The molecule has 0 aliphatic heterocycles. The smallest absolute Gasteiger partial charge is 0.332 e. The Morgan fingerprint density at radius 3 is 2.65 bits per heavy atom. The molecule has 2 nitrogen and oxygen atoms in total.